The molecule has 0 heterocycles. The predicted molar refractivity (Wildman–Crippen MR) is 84.3 cm³/mol. The van der Waals surface area contributed by atoms with Gasteiger partial charge in [-0.2, -0.15) is 0 Å². The SMILES string of the molecule is COc1ccccc1OCc1cccc(C(=O)OC(C)C)c1. The highest BCUT2D eigenvalue weighted by atomic mass is 16.5. The molecule has 2 rings (SSSR count). The van der Waals surface area contributed by atoms with Crippen LogP contribution in [-0.4, -0.2) is 19.2 Å². The molecular formula is C18H20O4. The topological polar surface area (TPSA) is 44.8 Å². The molecule has 0 amide bonds. The Hall–Kier alpha value is -2.49. The van der Waals surface area contributed by atoms with Crippen molar-refractivity contribution >= 4 is 5.97 Å². The monoisotopic (exact) mass is 300 g/mol. The summed E-state index contributed by atoms with van der Waals surface area (Å²) in [6.45, 7) is 4.00. The molecule has 0 radical (unpaired) electrons. The van der Waals surface area contributed by atoms with Gasteiger partial charge in [-0.15, -0.1) is 0 Å². The van der Waals surface area contributed by atoms with E-state index in [1.54, 1.807) is 19.2 Å². The molecule has 0 bridgehead atoms. The third-order valence-electron chi connectivity index (χ3n) is 2.97. The van der Waals surface area contributed by atoms with Crippen LogP contribution in [0.2, 0.25) is 0 Å². The van der Waals surface area contributed by atoms with Crippen molar-refractivity contribution in [2.24, 2.45) is 0 Å². The van der Waals surface area contributed by atoms with Crippen LogP contribution >= 0.6 is 0 Å². The molecular weight excluding hydrogens is 280 g/mol. The number of esters is 1. The molecule has 0 saturated carbocycles. The van der Waals surface area contributed by atoms with Gasteiger partial charge in [-0.25, -0.2) is 4.79 Å². The average Bonchev–Trinajstić information content (AvgIpc) is 2.53. The van der Waals surface area contributed by atoms with Crippen LogP contribution in [0.4, 0.5) is 0 Å². The number of carbonyl (C=O) groups excluding carboxylic acids is 1. The first kappa shape index (κ1) is 15.9. The number of para-hydroxylation sites is 2. The molecule has 0 aliphatic carbocycles. The molecule has 0 unspecified atom stereocenters. The highest BCUT2D eigenvalue weighted by molar-refractivity contribution is 5.89. The van der Waals surface area contributed by atoms with Crippen molar-refractivity contribution in [1.82, 2.24) is 0 Å². The summed E-state index contributed by atoms with van der Waals surface area (Å²) in [6.07, 6.45) is -0.138. The van der Waals surface area contributed by atoms with E-state index < -0.39 is 0 Å². The van der Waals surface area contributed by atoms with Crippen LogP contribution in [0, 0.1) is 0 Å². The molecule has 2 aromatic rings. The maximum atomic E-state index is 11.9. The van der Waals surface area contributed by atoms with Crippen LogP contribution in [0.1, 0.15) is 29.8 Å². The number of hydrogen-bond acceptors (Lipinski definition) is 4. The second kappa shape index (κ2) is 7.50. The largest absolute Gasteiger partial charge is 0.493 e. The van der Waals surface area contributed by atoms with Crippen LogP contribution in [0.25, 0.3) is 0 Å². The minimum Gasteiger partial charge on any atom is -0.493 e. The summed E-state index contributed by atoms with van der Waals surface area (Å²) >= 11 is 0. The van der Waals surface area contributed by atoms with E-state index in [1.165, 1.54) is 0 Å². The quantitative estimate of drug-likeness (QED) is 0.760. The normalized spacial score (nSPS) is 10.4. The Morgan fingerprint density at radius 1 is 1.05 bits per heavy atom. The lowest BCUT2D eigenvalue weighted by Gasteiger charge is -2.11. The Morgan fingerprint density at radius 2 is 1.77 bits per heavy atom. The van der Waals surface area contributed by atoms with Crippen molar-refractivity contribution in [3.05, 3.63) is 59.7 Å². The number of ether oxygens (including phenoxy) is 3. The van der Waals surface area contributed by atoms with Gasteiger partial charge in [-0.3, -0.25) is 0 Å². The predicted octanol–water partition coefficient (Wildman–Crippen LogP) is 3.84. The maximum Gasteiger partial charge on any atom is 0.338 e. The van der Waals surface area contributed by atoms with Crippen molar-refractivity contribution in [1.29, 1.82) is 0 Å². The minimum atomic E-state index is -0.325. The molecule has 0 saturated heterocycles. The Kier molecular flexibility index (Phi) is 5.42. The fourth-order valence-electron chi connectivity index (χ4n) is 1.97. The lowest BCUT2D eigenvalue weighted by molar-refractivity contribution is 0.0377. The zero-order valence-corrected chi connectivity index (χ0v) is 13.0. The Labute approximate surface area is 130 Å². The molecule has 22 heavy (non-hydrogen) atoms. The molecule has 0 aromatic heterocycles. The summed E-state index contributed by atoms with van der Waals surface area (Å²) in [4.78, 5) is 11.9. The van der Waals surface area contributed by atoms with Crippen molar-refractivity contribution in [3.8, 4) is 11.5 Å². The third-order valence-corrected chi connectivity index (χ3v) is 2.97. The van der Waals surface area contributed by atoms with E-state index >= 15 is 0 Å². The summed E-state index contributed by atoms with van der Waals surface area (Å²) in [7, 11) is 1.60. The van der Waals surface area contributed by atoms with E-state index in [4.69, 9.17) is 14.2 Å². The second-order valence-electron chi connectivity index (χ2n) is 5.09. The zero-order valence-electron chi connectivity index (χ0n) is 13.0. The molecule has 4 heteroatoms. The van der Waals surface area contributed by atoms with E-state index in [1.807, 2.05) is 50.2 Å². The summed E-state index contributed by atoms with van der Waals surface area (Å²) in [5.41, 5.74) is 1.42. The van der Waals surface area contributed by atoms with Gasteiger partial charge in [0, 0.05) is 0 Å². The zero-order chi connectivity index (χ0) is 15.9. The second-order valence-corrected chi connectivity index (χ2v) is 5.09. The van der Waals surface area contributed by atoms with Gasteiger partial charge in [0.15, 0.2) is 11.5 Å². The van der Waals surface area contributed by atoms with Crippen molar-refractivity contribution in [3.63, 3.8) is 0 Å². The number of rotatable bonds is 6. The number of benzene rings is 2. The summed E-state index contributed by atoms with van der Waals surface area (Å²) < 4.78 is 16.2. The van der Waals surface area contributed by atoms with Crippen LogP contribution in [0.5, 0.6) is 11.5 Å². The number of hydrogen-bond donors (Lipinski definition) is 0. The molecule has 2 aromatic carbocycles. The van der Waals surface area contributed by atoms with Gasteiger partial charge in [0.25, 0.3) is 0 Å². The van der Waals surface area contributed by atoms with Gasteiger partial charge in [0.2, 0.25) is 0 Å². The molecule has 0 aliphatic heterocycles. The van der Waals surface area contributed by atoms with Crippen LogP contribution in [-0.2, 0) is 11.3 Å². The first-order valence-electron chi connectivity index (χ1n) is 7.16. The van der Waals surface area contributed by atoms with Gasteiger partial charge < -0.3 is 14.2 Å². The Balaban J connectivity index is 2.06. The van der Waals surface area contributed by atoms with Gasteiger partial charge >= 0.3 is 5.97 Å². The van der Waals surface area contributed by atoms with Crippen LogP contribution in [0.15, 0.2) is 48.5 Å². The molecule has 0 aliphatic rings. The van der Waals surface area contributed by atoms with Crippen molar-refractivity contribution in [2.45, 2.75) is 26.6 Å². The smallest absolute Gasteiger partial charge is 0.338 e. The molecule has 0 spiro atoms. The third kappa shape index (κ3) is 4.25. The lowest BCUT2D eigenvalue weighted by Crippen LogP contribution is -2.12. The maximum absolute atomic E-state index is 11.9. The summed E-state index contributed by atoms with van der Waals surface area (Å²) in [5, 5.41) is 0. The van der Waals surface area contributed by atoms with E-state index in [0.717, 1.165) is 5.56 Å². The number of carbonyl (C=O) groups is 1. The first-order chi connectivity index (χ1) is 10.6. The molecule has 4 nitrogen and oxygen atoms in total. The number of methoxy groups -OCH3 is 1. The lowest BCUT2D eigenvalue weighted by atomic mass is 10.1. The molecule has 0 fully saturated rings. The first-order valence-corrected chi connectivity index (χ1v) is 7.16. The van der Waals surface area contributed by atoms with Gasteiger partial charge in [-0.1, -0.05) is 24.3 Å². The fourth-order valence-corrected chi connectivity index (χ4v) is 1.97. The van der Waals surface area contributed by atoms with E-state index in [9.17, 15) is 4.79 Å². The van der Waals surface area contributed by atoms with Crippen LogP contribution in [0.3, 0.4) is 0 Å². The fraction of sp³-hybridized carbons (Fsp3) is 0.278. The van der Waals surface area contributed by atoms with Crippen molar-refractivity contribution < 1.29 is 19.0 Å². The molecule has 0 atom stereocenters. The Bertz CT molecular complexity index is 634. The van der Waals surface area contributed by atoms with E-state index in [-0.39, 0.29) is 12.1 Å². The average molecular weight is 300 g/mol. The highest BCUT2D eigenvalue weighted by Crippen LogP contribution is 2.26. The Morgan fingerprint density at radius 3 is 2.45 bits per heavy atom. The standard InChI is InChI=1S/C18H20O4/c1-13(2)22-18(19)15-8-6-7-14(11-15)12-21-17-10-5-4-9-16(17)20-3/h4-11,13H,12H2,1-3H3. The van der Waals surface area contributed by atoms with E-state index in [2.05, 4.69) is 0 Å². The minimum absolute atomic E-state index is 0.138. The van der Waals surface area contributed by atoms with Crippen LogP contribution < -0.4 is 9.47 Å². The molecule has 116 valence electrons. The van der Waals surface area contributed by atoms with Crippen molar-refractivity contribution in [2.75, 3.05) is 7.11 Å². The molecule has 0 N–H and O–H groups in total. The summed E-state index contributed by atoms with van der Waals surface area (Å²) in [6, 6.07) is 14.7. The summed E-state index contributed by atoms with van der Waals surface area (Å²) in [5.74, 6) is 1.02. The van der Waals surface area contributed by atoms with Gasteiger partial charge in [0.1, 0.15) is 6.61 Å². The van der Waals surface area contributed by atoms with Gasteiger partial charge in [-0.05, 0) is 43.7 Å². The highest BCUT2D eigenvalue weighted by Gasteiger charge is 2.10. The van der Waals surface area contributed by atoms with Gasteiger partial charge in [0.05, 0.1) is 18.8 Å². The van der Waals surface area contributed by atoms with E-state index in [0.29, 0.717) is 23.7 Å².